The maximum Gasteiger partial charge on any atom is 0.251 e. The molecule has 1 saturated heterocycles. The summed E-state index contributed by atoms with van der Waals surface area (Å²) in [5, 5.41) is 13.9. The molecule has 0 radical (unpaired) electrons. The molecule has 188 valence electrons. The Bertz CT molecular complexity index is 1240. The molecule has 0 saturated carbocycles. The summed E-state index contributed by atoms with van der Waals surface area (Å²) in [5.74, 6) is 1.34. The van der Waals surface area contributed by atoms with Crippen LogP contribution in [0.2, 0.25) is 0 Å². The Labute approximate surface area is 213 Å². The zero-order valence-electron chi connectivity index (χ0n) is 21.5. The summed E-state index contributed by atoms with van der Waals surface area (Å²) in [6.07, 6.45) is 5.73. The normalized spacial score (nSPS) is 17.9. The van der Waals surface area contributed by atoms with Gasteiger partial charge in [-0.15, -0.1) is 0 Å². The third-order valence-electron chi connectivity index (χ3n) is 6.99. The molecule has 3 N–H and O–H groups in total. The van der Waals surface area contributed by atoms with Crippen molar-refractivity contribution in [3.8, 4) is 22.8 Å². The Hall–Kier alpha value is -3.71. The van der Waals surface area contributed by atoms with Crippen LogP contribution >= 0.6 is 0 Å². The second-order valence-electron chi connectivity index (χ2n) is 9.37. The lowest BCUT2D eigenvalue weighted by molar-refractivity contribution is 0.0895. The van der Waals surface area contributed by atoms with Crippen LogP contribution < -0.4 is 15.4 Å². The van der Waals surface area contributed by atoms with Gasteiger partial charge >= 0.3 is 0 Å². The van der Waals surface area contributed by atoms with Crippen LogP contribution in [0.15, 0.2) is 54.7 Å². The van der Waals surface area contributed by atoms with E-state index in [9.17, 15) is 4.79 Å². The van der Waals surface area contributed by atoms with Gasteiger partial charge in [-0.2, -0.15) is 0 Å². The molecule has 1 unspecified atom stereocenters. The van der Waals surface area contributed by atoms with Crippen LogP contribution in [0.4, 0.5) is 5.69 Å². The number of nitrogens with zero attached hydrogens (tertiary/aromatic N) is 2. The number of pyridine rings is 1. The SMILES string of the molecule is CCc1cc(-c2cc(Oc3ccc(C=N)c(NC)c3)ccn2)ccc1C(=O)NC1CCN(C)[C@H](C)C1. The number of carbonyl (C=O) groups is 1. The van der Waals surface area contributed by atoms with Crippen molar-refractivity contribution in [2.45, 2.75) is 45.2 Å². The van der Waals surface area contributed by atoms with Crippen molar-refractivity contribution in [3.05, 3.63) is 71.4 Å². The average molecular weight is 486 g/mol. The number of ether oxygens (including phenoxy) is 1. The smallest absolute Gasteiger partial charge is 0.251 e. The molecule has 2 aromatic carbocycles. The molecular formula is C29H35N5O2. The Kier molecular flexibility index (Phi) is 8.00. The van der Waals surface area contributed by atoms with Gasteiger partial charge in [-0.1, -0.05) is 13.0 Å². The van der Waals surface area contributed by atoms with E-state index in [-0.39, 0.29) is 11.9 Å². The summed E-state index contributed by atoms with van der Waals surface area (Å²) in [5.41, 5.74) is 5.07. The maximum absolute atomic E-state index is 13.1. The quantitative estimate of drug-likeness (QED) is 0.374. The first-order chi connectivity index (χ1) is 17.4. The lowest BCUT2D eigenvalue weighted by atomic mass is 9.96. The summed E-state index contributed by atoms with van der Waals surface area (Å²) in [6, 6.07) is 15.9. The van der Waals surface area contributed by atoms with Gasteiger partial charge in [0.1, 0.15) is 11.5 Å². The molecule has 1 aliphatic rings. The number of benzene rings is 2. The molecule has 2 heterocycles. The summed E-state index contributed by atoms with van der Waals surface area (Å²) >= 11 is 0. The Morgan fingerprint density at radius 3 is 2.72 bits per heavy atom. The summed E-state index contributed by atoms with van der Waals surface area (Å²) in [6.45, 7) is 5.27. The maximum atomic E-state index is 13.1. The first-order valence-electron chi connectivity index (χ1n) is 12.5. The predicted molar refractivity (Wildman–Crippen MR) is 146 cm³/mol. The van der Waals surface area contributed by atoms with Crippen molar-refractivity contribution in [1.29, 1.82) is 5.41 Å². The minimum absolute atomic E-state index is 0.00101. The molecule has 0 bridgehead atoms. The molecule has 1 aliphatic heterocycles. The van der Waals surface area contributed by atoms with Crippen molar-refractivity contribution in [2.75, 3.05) is 26.0 Å². The van der Waals surface area contributed by atoms with E-state index in [2.05, 4.69) is 47.5 Å². The lowest BCUT2D eigenvalue weighted by Gasteiger charge is -2.35. The van der Waals surface area contributed by atoms with Gasteiger partial charge < -0.3 is 25.7 Å². The van der Waals surface area contributed by atoms with E-state index in [0.29, 0.717) is 17.5 Å². The zero-order valence-corrected chi connectivity index (χ0v) is 21.5. The average Bonchev–Trinajstić information content (AvgIpc) is 2.90. The highest BCUT2D eigenvalue weighted by Gasteiger charge is 2.25. The monoisotopic (exact) mass is 485 g/mol. The molecular weight excluding hydrogens is 450 g/mol. The minimum Gasteiger partial charge on any atom is -0.457 e. The number of amides is 1. The molecule has 3 aromatic rings. The number of carbonyl (C=O) groups excluding carboxylic acids is 1. The van der Waals surface area contributed by atoms with Crippen LogP contribution in [-0.2, 0) is 6.42 Å². The van der Waals surface area contributed by atoms with Gasteiger partial charge in [0.25, 0.3) is 5.91 Å². The van der Waals surface area contributed by atoms with Gasteiger partial charge in [0.2, 0.25) is 0 Å². The third kappa shape index (κ3) is 5.74. The Balaban J connectivity index is 1.51. The zero-order chi connectivity index (χ0) is 25.7. The van der Waals surface area contributed by atoms with Gasteiger partial charge in [-0.25, -0.2) is 0 Å². The number of anilines is 1. The summed E-state index contributed by atoms with van der Waals surface area (Å²) in [7, 11) is 3.96. The van der Waals surface area contributed by atoms with E-state index in [1.807, 2.05) is 49.5 Å². The number of nitrogens with one attached hydrogen (secondary N) is 3. The predicted octanol–water partition coefficient (Wildman–Crippen LogP) is 5.36. The van der Waals surface area contributed by atoms with Gasteiger partial charge in [0.05, 0.1) is 5.69 Å². The first-order valence-corrected chi connectivity index (χ1v) is 12.5. The molecule has 1 amide bonds. The largest absolute Gasteiger partial charge is 0.457 e. The van der Waals surface area contributed by atoms with Crippen LogP contribution in [0.5, 0.6) is 11.5 Å². The molecule has 2 atom stereocenters. The second kappa shape index (κ2) is 11.4. The molecule has 1 aromatic heterocycles. The van der Waals surface area contributed by atoms with Crippen LogP contribution in [0, 0.1) is 5.41 Å². The van der Waals surface area contributed by atoms with Crippen molar-refractivity contribution < 1.29 is 9.53 Å². The fraction of sp³-hybridized carbons (Fsp3) is 0.345. The Morgan fingerprint density at radius 1 is 1.19 bits per heavy atom. The van der Waals surface area contributed by atoms with Crippen LogP contribution in [-0.4, -0.2) is 54.7 Å². The molecule has 7 nitrogen and oxygen atoms in total. The second-order valence-corrected chi connectivity index (χ2v) is 9.37. The first kappa shape index (κ1) is 25.4. The highest BCUT2D eigenvalue weighted by atomic mass is 16.5. The number of hydrogen-bond donors (Lipinski definition) is 3. The molecule has 7 heteroatoms. The third-order valence-corrected chi connectivity index (χ3v) is 6.99. The Morgan fingerprint density at radius 2 is 2.00 bits per heavy atom. The highest BCUT2D eigenvalue weighted by molar-refractivity contribution is 5.96. The molecule has 0 aliphatic carbocycles. The molecule has 4 rings (SSSR count). The fourth-order valence-electron chi connectivity index (χ4n) is 4.66. The fourth-order valence-corrected chi connectivity index (χ4v) is 4.66. The van der Waals surface area contributed by atoms with Gasteiger partial charge in [-0.05, 0) is 69.1 Å². The summed E-state index contributed by atoms with van der Waals surface area (Å²) in [4.78, 5) is 20.0. The number of rotatable bonds is 8. The number of aromatic nitrogens is 1. The van der Waals surface area contributed by atoms with E-state index in [1.54, 1.807) is 6.20 Å². The van der Waals surface area contributed by atoms with Crippen LogP contribution in [0.25, 0.3) is 11.3 Å². The topological polar surface area (TPSA) is 90.3 Å². The van der Waals surface area contributed by atoms with E-state index in [4.69, 9.17) is 10.1 Å². The van der Waals surface area contributed by atoms with Crippen LogP contribution in [0.1, 0.15) is 48.2 Å². The lowest BCUT2D eigenvalue weighted by Crippen LogP contribution is -2.47. The van der Waals surface area contributed by atoms with Crippen molar-refractivity contribution in [3.63, 3.8) is 0 Å². The highest BCUT2D eigenvalue weighted by Crippen LogP contribution is 2.29. The van der Waals surface area contributed by atoms with Gasteiger partial charge in [0, 0.05) is 72.6 Å². The standard InChI is InChI=1S/C29H35N5O2/c1-5-20-15-21(7-9-26(20)29(35)33-23-11-13-34(4)19(2)14-23)28-17-25(10-12-32-28)36-24-8-6-22(18-30)27(16-24)31-3/h6-10,12,15-19,23,30-31H,5,11,13-14H2,1-4H3,(H,33,35)/t19-,23?/m1/s1. The van der Waals surface area contributed by atoms with Crippen LogP contribution in [0.3, 0.4) is 0 Å². The van der Waals surface area contributed by atoms with Gasteiger partial charge in [-0.3, -0.25) is 9.78 Å². The molecule has 0 spiro atoms. The molecule has 1 fully saturated rings. The van der Waals surface area contributed by atoms with E-state index < -0.39 is 0 Å². The number of aryl methyl sites for hydroxylation is 1. The van der Waals surface area contributed by atoms with E-state index >= 15 is 0 Å². The molecule has 36 heavy (non-hydrogen) atoms. The van der Waals surface area contributed by atoms with Gasteiger partial charge in [0.15, 0.2) is 0 Å². The van der Waals surface area contributed by atoms with Crippen molar-refractivity contribution >= 4 is 17.8 Å². The van der Waals surface area contributed by atoms with Crippen molar-refractivity contribution in [1.82, 2.24) is 15.2 Å². The summed E-state index contributed by atoms with van der Waals surface area (Å²) < 4.78 is 6.08. The minimum atomic E-state index is -0.00101. The number of hydrogen-bond acceptors (Lipinski definition) is 6. The van der Waals surface area contributed by atoms with Crippen molar-refractivity contribution in [2.24, 2.45) is 0 Å². The van der Waals surface area contributed by atoms with E-state index in [1.165, 1.54) is 6.21 Å². The van der Waals surface area contributed by atoms with E-state index in [0.717, 1.165) is 59.4 Å². The number of likely N-dealkylation sites (tertiary alicyclic amines) is 1. The number of piperidine rings is 1.